The van der Waals surface area contributed by atoms with Crippen LogP contribution in [0.3, 0.4) is 0 Å². The fraction of sp³-hybridized carbons (Fsp3) is 0.0769. The Morgan fingerprint density at radius 1 is 1.00 bits per heavy atom. The molecule has 1 N–H and O–H groups in total. The molecule has 16 heavy (non-hydrogen) atoms. The molecule has 0 heterocycles. The highest BCUT2D eigenvalue weighted by molar-refractivity contribution is 5.65. The maximum atomic E-state index is 12.7. The van der Waals surface area contributed by atoms with Crippen molar-refractivity contribution in [2.24, 2.45) is 0 Å². The predicted octanol–water partition coefficient (Wildman–Crippen LogP) is 3.58. The molecular formula is C13H12FNO. The normalized spacial score (nSPS) is 9.88. The molecule has 0 bridgehead atoms. The molecule has 0 unspecified atom stereocenters. The molecule has 0 amide bonds. The lowest BCUT2D eigenvalue weighted by Gasteiger charge is -2.10. The van der Waals surface area contributed by atoms with Gasteiger partial charge in [-0.25, -0.2) is 4.39 Å². The molecule has 0 saturated carbocycles. The quantitative estimate of drug-likeness (QED) is 0.848. The number of methoxy groups -OCH3 is 1. The largest absolute Gasteiger partial charge is 0.495 e. The Balaban J connectivity index is 2.23. The van der Waals surface area contributed by atoms with Crippen LogP contribution in [0.25, 0.3) is 0 Å². The van der Waals surface area contributed by atoms with Crippen LogP contribution in [0.5, 0.6) is 5.75 Å². The molecular weight excluding hydrogens is 205 g/mol. The molecule has 2 aromatic rings. The van der Waals surface area contributed by atoms with E-state index >= 15 is 0 Å². The maximum absolute atomic E-state index is 12.7. The Bertz CT molecular complexity index is 468. The van der Waals surface area contributed by atoms with Crippen molar-refractivity contribution < 1.29 is 9.13 Å². The molecule has 0 saturated heterocycles. The highest BCUT2D eigenvalue weighted by Gasteiger charge is 2.01. The zero-order chi connectivity index (χ0) is 11.4. The van der Waals surface area contributed by atoms with Crippen LogP contribution in [0.2, 0.25) is 0 Å². The number of rotatable bonds is 3. The smallest absolute Gasteiger partial charge is 0.142 e. The minimum atomic E-state index is -0.245. The van der Waals surface area contributed by atoms with Crippen molar-refractivity contribution in [3.63, 3.8) is 0 Å². The van der Waals surface area contributed by atoms with Gasteiger partial charge in [0, 0.05) is 5.69 Å². The molecule has 0 aromatic heterocycles. The molecule has 0 radical (unpaired) electrons. The minimum Gasteiger partial charge on any atom is -0.495 e. The Hall–Kier alpha value is -2.03. The van der Waals surface area contributed by atoms with E-state index in [1.165, 1.54) is 12.1 Å². The summed E-state index contributed by atoms with van der Waals surface area (Å²) in [6.45, 7) is 0. The summed E-state index contributed by atoms with van der Waals surface area (Å²) in [6.07, 6.45) is 0. The standard InChI is InChI=1S/C13H12FNO/c1-16-13-5-3-2-4-12(13)15-11-8-6-10(14)7-9-11/h2-9,15H,1H3. The summed E-state index contributed by atoms with van der Waals surface area (Å²) in [7, 11) is 1.62. The molecule has 0 atom stereocenters. The maximum Gasteiger partial charge on any atom is 0.142 e. The van der Waals surface area contributed by atoms with Crippen LogP contribution in [0.4, 0.5) is 15.8 Å². The van der Waals surface area contributed by atoms with Gasteiger partial charge in [0.2, 0.25) is 0 Å². The van der Waals surface area contributed by atoms with Gasteiger partial charge in [-0.15, -0.1) is 0 Å². The van der Waals surface area contributed by atoms with Crippen molar-refractivity contribution in [1.29, 1.82) is 0 Å². The first-order valence-corrected chi connectivity index (χ1v) is 4.95. The van der Waals surface area contributed by atoms with Crippen LogP contribution in [0, 0.1) is 5.82 Å². The zero-order valence-corrected chi connectivity index (χ0v) is 8.91. The van der Waals surface area contributed by atoms with Gasteiger partial charge in [-0.1, -0.05) is 12.1 Å². The Morgan fingerprint density at radius 2 is 1.69 bits per heavy atom. The molecule has 0 fully saturated rings. The van der Waals surface area contributed by atoms with E-state index in [4.69, 9.17) is 4.74 Å². The molecule has 2 rings (SSSR count). The number of ether oxygens (including phenoxy) is 1. The second-order valence-corrected chi connectivity index (χ2v) is 3.33. The van der Waals surface area contributed by atoms with Crippen molar-refractivity contribution in [1.82, 2.24) is 0 Å². The van der Waals surface area contributed by atoms with Gasteiger partial charge >= 0.3 is 0 Å². The van der Waals surface area contributed by atoms with Gasteiger partial charge in [-0.05, 0) is 36.4 Å². The lowest BCUT2D eigenvalue weighted by atomic mass is 10.2. The van der Waals surface area contributed by atoms with Crippen LogP contribution in [0.15, 0.2) is 48.5 Å². The monoisotopic (exact) mass is 217 g/mol. The van der Waals surface area contributed by atoms with Crippen molar-refractivity contribution in [2.75, 3.05) is 12.4 Å². The highest BCUT2D eigenvalue weighted by atomic mass is 19.1. The molecule has 82 valence electrons. The third-order valence-electron chi connectivity index (χ3n) is 2.23. The molecule has 0 aliphatic carbocycles. The number of hydrogen-bond acceptors (Lipinski definition) is 2. The van der Waals surface area contributed by atoms with E-state index in [0.717, 1.165) is 17.1 Å². The Morgan fingerprint density at radius 3 is 2.38 bits per heavy atom. The minimum absolute atomic E-state index is 0.245. The molecule has 2 aromatic carbocycles. The summed E-state index contributed by atoms with van der Waals surface area (Å²) in [5.74, 6) is 0.511. The fourth-order valence-electron chi connectivity index (χ4n) is 1.44. The molecule has 0 aliphatic rings. The van der Waals surface area contributed by atoms with E-state index in [1.54, 1.807) is 19.2 Å². The molecule has 0 spiro atoms. The molecule has 3 heteroatoms. The lowest BCUT2D eigenvalue weighted by Crippen LogP contribution is -1.94. The lowest BCUT2D eigenvalue weighted by molar-refractivity contribution is 0.417. The summed E-state index contributed by atoms with van der Waals surface area (Å²) in [4.78, 5) is 0. The van der Waals surface area contributed by atoms with E-state index in [2.05, 4.69) is 5.32 Å². The van der Waals surface area contributed by atoms with Crippen molar-refractivity contribution in [3.8, 4) is 5.75 Å². The average molecular weight is 217 g/mol. The summed E-state index contributed by atoms with van der Waals surface area (Å²) in [5.41, 5.74) is 1.68. The van der Waals surface area contributed by atoms with Gasteiger partial charge in [-0.2, -0.15) is 0 Å². The van der Waals surface area contributed by atoms with Crippen LogP contribution in [-0.2, 0) is 0 Å². The number of para-hydroxylation sites is 2. The SMILES string of the molecule is COc1ccccc1Nc1ccc(F)cc1. The van der Waals surface area contributed by atoms with Crippen LogP contribution in [-0.4, -0.2) is 7.11 Å². The summed E-state index contributed by atoms with van der Waals surface area (Å²) < 4.78 is 17.9. The van der Waals surface area contributed by atoms with Gasteiger partial charge in [0.25, 0.3) is 0 Å². The van der Waals surface area contributed by atoms with Crippen LogP contribution in [0.1, 0.15) is 0 Å². The van der Waals surface area contributed by atoms with Crippen molar-refractivity contribution >= 4 is 11.4 Å². The van der Waals surface area contributed by atoms with Gasteiger partial charge in [-0.3, -0.25) is 0 Å². The van der Waals surface area contributed by atoms with E-state index in [-0.39, 0.29) is 5.82 Å². The Labute approximate surface area is 93.7 Å². The first-order chi connectivity index (χ1) is 7.79. The third kappa shape index (κ3) is 2.31. The van der Waals surface area contributed by atoms with E-state index < -0.39 is 0 Å². The number of benzene rings is 2. The number of halogens is 1. The summed E-state index contributed by atoms with van der Waals surface area (Å²) in [5, 5.41) is 3.16. The number of hydrogen-bond donors (Lipinski definition) is 1. The van der Waals surface area contributed by atoms with E-state index in [0.29, 0.717) is 0 Å². The third-order valence-corrected chi connectivity index (χ3v) is 2.23. The topological polar surface area (TPSA) is 21.3 Å². The van der Waals surface area contributed by atoms with Gasteiger partial charge < -0.3 is 10.1 Å². The number of nitrogens with one attached hydrogen (secondary N) is 1. The second kappa shape index (κ2) is 4.66. The summed E-state index contributed by atoms with van der Waals surface area (Å²) >= 11 is 0. The van der Waals surface area contributed by atoms with E-state index in [9.17, 15) is 4.39 Å². The molecule has 2 nitrogen and oxygen atoms in total. The first-order valence-electron chi connectivity index (χ1n) is 4.95. The summed E-state index contributed by atoms with van der Waals surface area (Å²) in [6, 6.07) is 13.8. The molecule has 0 aliphatic heterocycles. The average Bonchev–Trinajstić information content (AvgIpc) is 2.33. The zero-order valence-electron chi connectivity index (χ0n) is 8.91. The highest BCUT2D eigenvalue weighted by Crippen LogP contribution is 2.26. The fourth-order valence-corrected chi connectivity index (χ4v) is 1.44. The number of anilines is 2. The van der Waals surface area contributed by atoms with E-state index in [1.807, 2.05) is 24.3 Å². The van der Waals surface area contributed by atoms with Gasteiger partial charge in [0.1, 0.15) is 11.6 Å². The Kier molecular flexibility index (Phi) is 3.05. The van der Waals surface area contributed by atoms with Crippen molar-refractivity contribution in [2.45, 2.75) is 0 Å². The second-order valence-electron chi connectivity index (χ2n) is 3.33. The van der Waals surface area contributed by atoms with Gasteiger partial charge in [0.15, 0.2) is 0 Å². The first kappa shape index (κ1) is 10.5. The van der Waals surface area contributed by atoms with Gasteiger partial charge in [0.05, 0.1) is 12.8 Å². The van der Waals surface area contributed by atoms with Crippen LogP contribution >= 0.6 is 0 Å². The predicted molar refractivity (Wildman–Crippen MR) is 62.7 cm³/mol. The van der Waals surface area contributed by atoms with Crippen molar-refractivity contribution in [3.05, 3.63) is 54.3 Å². The van der Waals surface area contributed by atoms with Crippen LogP contribution < -0.4 is 10.1 Å².